The summed E-state index contributed by atoms with van der Waals surface area (Å²) < 4.78 is 1.81. The molecule has 1 saturated carbocycles. The van der Waals surface area contributed by atoms with Crippen LogP contribution in [0.15, 0.2) is 24.4 Å². The Morgan fingerprint density at radius 1 is 1.46 bits per heavy atom. The summed E-state index contributed by atoms with van der Waals surface area (Å²) in [5, 5.41) is 19.3. The summed E-state index contributed by atoms with van der Waals surface area (Å²) in [5.74, 6) is 0.689. The number of fused-ring (bicyclic) bond motifs is 1. The minimum absolute atomic E-state index is 0.235. The van der Waals surface area contributed by atoms with Crippen molar-refractivity contribution in [2.45, 2.75) is 38.3 Å². The lowest BCUT2D eigenvalue weighted by Crippen LogP contribution is -2.38. The first-order valence-corrected chi connectivity index (χ1v) is 9.07. The Balaban J connectivity index is 1.31. The summed E-state index contributed by atoms with van der Waals surface area (Å²) in [6.07, 6.45) is 4.84. The standard InChI is InChI=1S/C17H20ClN7O/c1-10(16-22-23-24-25(16)13-3-4-13)21-17(26)19-7-6-11-9-20-15-5-2-12(18)8-14(11)15/h2,5,8-10,13,20H,3-4,6-7H2,1H3,(H2,19,21,26)/t10-/m1/s1. The number of H-pyrrole nitrogens is 1. The van der Waals surface area contributed by atoms with Gasteiger partial charge in [0, 0.05) is 28.7 Å². The van der Waals surface area contributed by atoms with Crippen molar-refractivity contribution >= 4 is 28.5 Å². The number of hydrogen-bond donors (Lipinski definition) is 3. The van der Waals surface area contributed by atoms with Crippen molar-refractivity contribution in [3.8, 4) is 0 Å². The van der Waals surface area contributed by atoms with Crippen LogP contribution in [0, 0.1) is 0 Å². The Kier molecular flexibility index (Phi) is 4.50. The summed E-state index contributed by atoms with van der Waals surface area (Å²) in [5.41, 5.74) is 2.16. The molecular formula is C17H20ClN7O. The molecular weight excluding hydrogens is 354 g/mol. The van der Waals surface area contributed by atoms with Gasteiger partial charge in [0.2, 0.25) is 0 Å². The van der Waals surface area contributed by atoms with E-state index in [0.717, 1.165) is 29.3 Å². The highest BCUT2D eigenvalue weighted by Gasteiger charge is 2.29. The van der Waals surface area contributed by atoms with E-state index in [0.29, 0.717) is 29.9 Å². The van der Waals surface area contributed by atoms with Gasteiger partial charge in [-0.15, -0.1) is 5.10 Å². The predicted octanol–water partition coefficient (Wildman–Crippen LogP) is 2.75. The van der Waals surface area contributed by atoms with E-state index < -0.39 is 0 Å². The van der Waals surface area contributed by atoms with Crippen LogP contribution in [0.5, 0.6) is 0 Å². The smallest absolute Gasteiger partial charge is 0.315 e. The molecule has 1 aliphatic rings. The lowest BCUT2D eigenvalue weighted by atomic mass is 10.1. The fourth-order valence-corrected chi connectivity index (χ4v) is 3.22. The number of nitrogens with one attached hydrogen (secondary N) is 3. The SMILES string of the molecule is C[C@@H](NC(=O)NCCc1c[nH]c2ccc(Cl)cc12)c1nnnn1C1CC1. The van der Waals surface area contributed by atoms with Gasteiger partial charge in [-0.05, 0) is 60.4 Å². The van der Waals surface area contributed by atoms with Crippen LogP contribution in [0.1, 0.15) is 43.2 Å². The molecule has 136 valence electrons. The second-order valence-electron chi connectivity index (χ2n) is 6.59. The number of nitrogens with zero attached hydrogens (tertiary/aromatic N) is 4. The molecule has 1 aliphatic carbocycles. The zero-order chi connectivity index (χ0) is 18.1. The molecule has 0 bridgehead atoms. The van der Waals surface area contributed by atoms with E-state index in [2.05, 4.69) is 31.1 Å². The number of amides is 2. The van der Waals surface area contributed by atoms with Crippen LogP contribution >= 0.6 is 11.6 Å². The van der Waals surface area contributed by atoms with Crippen LogP contribution in [0.3, 0.4) is 0 Å². The molecule has 1 fully saturated rings. The van der Waals surface area contributed by atoms with Crippen LogP contribution < -0.4 is 10.6 Å². The van der Waals surface area contributed by atoms with Gasteiger partial charge in [0.25, 0.3) is 0 Å². The molecule has 1 aromatic carbocycles. The molecule has 9 heteroatoms. The van der Waals surface area contributed by atoms with E-state index >= 15 is 0 Å². The van der Waals surface area contributed by atoms with Crippen LogP contribution in [0.25, 0.3) is 10.9 Å². The van der Waals surface area contributed by atoms with Crippen LogP contribution in [0.4, 0.5) is 4.79 Å². The van der Waals surface area contributed by atoms with Gasteiger partial charge in [-0.25, -0.2) is 9.48 Å². The topological polar surface area (TPSA) is 101 Å². The number of tetrazole rings is 1. The first-order chi connectivity index (χ1) is 12.6. The summed E-state index contributed by atoms with van der Waals surface area (Å²) in [6, 6.07) is 5.63. The number of hydrogen-bond acceptors (Lipinski definition) is 4. The Morgan fingerprint density at radius 3 is 3.12 bits per heavy atom. The summed E-state index contributed by atoms with van der Waals surface area (Å²) in [4.78, 5) is 15.4. The first kappa shape index (κ1) is 16.8. The van der Waals surface area contributed by atoms with E-state index in [1.54, 1.807) is 4.68 Å². The van der Waals surface area contributed by atoms with Gasteiger partial charge in [0.1, 0.15) is 0 Å². The molecule has 0 radical (unpaired) electrons. The third-order valence-electron chi connectivity index (χ3n) is 4.56. The molecule has 2 aromatic heterocycles. The number of aromatic amines is 1. The van der Waals surface area contributed by atoms with Crippen molar-refractivity contribution in [2.24, 2.45) is 0 Å². The average molecular weight is 374 g/mol. The number of halogens is 1. The third-order valence-corrected chi connectivity index (χ3v) is 4.79. The molecule has 4 rings (SSSR count). The molecule has 26 heavy (non-hydrogen) atoms. The predicted molar refractivity (Wildman–Crippen MR) is 98.1 cm³/mol. The van der Waals surface area contributed by atoms with Gasteiger partial charge in [0.15, 0.2) is 5.82 Å². The molecule has 0 unspecified atom stereocenters. The molecule has 3 N–H and O–H groups in total. The monoisotopic (exact) mass is 373 g/mol. The number of carbonyl (C=O) groups excluding carboxylic acids is 1. The summed E-state index contributed by atoms with van der Waals surface area (Å²) >= 11 is 6.07. The number of aromatic nitrogens is 5. The van der Waals surface area contributed by atoms with E-state index in [1.165, 1.54) is 0 Å². The molecule has 0 spiro atoms. The molecule has 2 amide bonds. The number of carbonyl (C=O) groups is 1. The molecule has 1 atom stereocenters. The third kappa shape index (κ3) is 3.50. The molecule has 0 aliphatic heterocycles. The van der Waals surface area contributed by atoms with E-state index in [-0.39, 0.29) is 12.1 Å². The van der Waals surface area contributed by atoms with Gasteiger partial charge in [-0.1, -0.05) is 11.6 Å². The van der Waals surface area contributed by atoms with Crippen LogP contribution in [-0.4, -0.2) is 37.8 Å². The van der Waals surface area contributed by atoms with Gasteiger partial charge in [-0.3, -0.25) is 0 Å². The fraction of sp³-hybridized carbons (Fsp3) is 0.412. The van der Waals surface area contributed by atoms with Crippen molar-refractivity contribution in [2.75, 3.05) is 6.54 Å². The summed E-state index contributed by atoms with van der Waals surface area (Å²) in [7, 11) is 0. The zero-order valence-electron chi connectivity index (χ0n) is 14.4. The number of benzene rings is 1. The first-order valence-electron chi connectivity index (χ1n) is 8.69. The van der Waals surface area contributed by atoms with E-state index in [4.69, 9.17) is 11.6 Å². The van der Waals surface area contributed by atoms with Gasteiger partial charge < -0.3 is 15.6 Å². The van der Waals surface area contributed by atoms with Gasteiger partial charge in [-0.2, -0.15) is 0 Å². The second-order valence-corrected chi connectivity index (χ2v) is 7.03. The lowest BCUT2D eigenvalue weighted by molar-refractivity contribution is 0.237. The molecule has 2 heterocycles. The maximum atomic E-state index is 12.2. The highest BCUT2D eigenvalue weighted by atomic mass is 35.5. The van der Waals surface area contributed by atoms with Gasteiger partial charge in [0.05, 0.1) is 12.1 Å². The van der Waals surface area contributed by atoms with Crippen LogP contribution in [0.2, 0.25) is 5.02 Å². The average Bonchev–Trinajstić information content (AvgIpc) is 3.20. The minimum Gasteiger partial charge on any atom is -0.361 e. The maximum absolute atomic E-state index is 12.2. The van der Waals surface area contributed by atoms with Crippen molar-refractivity contribution in [1.82, 2.24) is 35.8 Å². The van der Waals surface area contributed by atoms with E-state index in [9.17, 15) is 4.79 Å². The Bertz CT molecular complexity index is 930. The van der Waals surface area contributed by atoms with Crippen LogP contribution in [-0.2, 0) is 6.42 Å². The largest absolute Gasteiger partial charge is 0.361 e. The fourth-order valence-electron chi connectivity index (χ4n) is 3.05. The minimum atomic E-state index is -0.252. The normalized spacial score (nSPS) is 15.2. The number of rotatable bonds is 6. The van der Waals surface area contributed by atoms with Gasteiger partial charge >= 0.3 is 6.03 Å². The molecule has 0 saturated heterocycles. The molecule has 8 nitrogen and oxygen atoms in total. The maximum Gasteiger partial charge on any atom is 0.315 e. The summed E-state index contributed by atoms with van der Waals surface area (Å²) in [6.45, 7) is 2.40. The quantitative estimate of drug-likeness (QED) is 0.618. The Labute approximate surface area is 155 Å². The highest BCUT2D eigenvalue weighted by Crippen LogP contribution is 2.35. The Morgan fingerprint density at radius 2 is 2.31 bits per heavy atom. The van der Waals surface area contributed by atoms with Crippen molar-refractivity contribution in [3.05, 3.63) is 40.8 Å². The number of urea groups is 1. The lowest BCUT2D eigenvalue weighted by Gasteiger charge is -2.14. The highest BCUT2D eigenvalue weighted by molar-refractivity contribution is 6.31. The Hall–Kier alpha value is -2.61. The second kappa shape index (κ2) is 6.95. The van der Waals surface area contributed by atoms with E-state index in [1.807, 2.05) is 31.3 Å². The van der Waals surface area contributed by atoms with Crippen molar-refractivity contribution < 1.29 is 4.79 Å². The zero-order valence-corrected chi connectivity index (χ0v) is 15.1. The van der Waals surface area contributed by atoms with Crippen molar-refractivity contribution in [1.29, 1.82) is 0 Å². The van der Waals surface area contributed by atoms with Crippen molar-refractivity contribution in [3.63, 3.8) is 0 Å². The molecule has 3 aromatic rings.